The number of fused-ring (bicyclic) bond motifs is 1. The summed E-state index contributed by atoms with van der Waals surface area (Å²) in [7, 11) is 0. The van der Waals surface area contributed by atoms with E-state index < -0.39 is 0 Å². The zero-order valence-corrected chi connectivity index (χ0v) is 7.10. The van der Waals surface area contributed by atoms with Crippen molar-refractivity contribution in [2.75, 3.05) is 10.6 Å². The monoisotopic (exact) mass is 180 g/mol. The van der Waals surface area contributed by atoms with Crippen LogP contribution in [0.25, 0.3) is 0 Å². The summed E-state index contributed by atoms with van der Waals surface area (Å²) in [4.78, 5) is 11.2. The number of anilines is 2. The molecule has 0 fully saturated rings. The predicted octanol–water partition coefficient (Wildman–Crippen LogP) is 1.58. The van der Waals surface area contributed by atoms with E-state index in [4.69, 9.17) is 0 Å². The van der Waals surface area contributed by atoms with E-state index >= 15 is 0 Å². The molecule has 0 saturated heterocycles. The lowest BCUT2D eigenvalue weighted by atomic mass is 10.1. The standard InChI is InChI=1S/C9H9FN2O/c1-5-9(13)12-7-3-2-6(10)4-8(7)11-5/h2-5,11H,1H3,(H,12,13). The van der Waals surface area contributed by atoms with Gasteiger partial charge in [-0.3, -0.25) is 4.79 Å². The predicted molar refractivity (Wildman–Crippen MR) is 48.1 cm³/mol. The van der Waals surface area contributed by atoms with Gasteiger partial charge < -0.3 is 10.6 Å². The second kappa shape index (κ2) is 2.73. The van der Waals surface area contributed by atoms with E-state index in [1.54, 1.807) is 13.0 Å². The lowest BCUT2D eigenvalue weighted by Gasteiger charge is -2.23. The fourth-order valence-corrected chi connectivity index (χ4v) is 1.28. The molecule has 68 valence electrons. The number of hydrogen-bond donors (Lipinski definition) is 2. The number of rotatable bonds is 0. The van der Waals surface area contributed by atoms with Crippen molar-refractivity contribution in [1.29, 1.82) is 0 Å². The Balaban J connectivity index is 2.42. The van der Waals surface area contributed by atoms with Crippen molar-refractivity contribution in [1.82, 2.24) is 0 Å². The number of carbonyl (C=O) groups excluding carboxylic acids is 1. The van der Waals surface area contributed by atoms with Gasteiger partial charge in [0.05, 0.1) is 11.4 Å². The average Bonchev–Trinajstić information content (AvgIpc) is 2.08. The summed E-state index contributed by atoms with van der Waals surface area (Å²) in [5, 5.41) is 5.57. The van der Waals surface area contributed by atoms with Crippen molar-refractivity contribution >= 4 is 17.3 Å². The molecule has 1 aliphatic rings. The highest BCUT2D eigenvalue weighted by Crippen LogP contribution is 2.26. The molecule has 2 N–H and O–H groups in total. The maximum atomic E-state index is 12.8. The van der Waals surface area contributed by atoms with Gasteiger partial charge in [0.2, 0.25) is 5.91 Å². The Kier molecular flexibility index (Phi) is 1.69. The fraction of sp³-hybridized carbons (Fsp3) is 0.222. The lowest BCUT2D eigenvalue weighted by Crippen LogP contribution is -2.36. The number of halogens is 1. The maximum absolute atomic E-state index is 12.8. The van der Waals surface area contributed by atoms with Gasteiger partial charge in [0.1, 0.15) is 11.9 Å². The molecule has 0 saturated carbocycles. The summed E-state index contributed by atoms with van der Waals surface area (Å²) < 4.78 is 12.8. The highest BCUT2D eigenvalue weighted by atomic mass is 19.1. The zero-order valence-electron chi connectivity index (χ0n) is 7.10. The van der Waals surface area contributed by atoms with Gasteiger partial charge in [-0.2, -0.15) is 0 Å². The van der Waals surface area contributed by atoms with Crippen LogP contribution in [0.4, 0.5) is 15.8 Å². The Bertz CT molecular complexity index is 365. The Morgan fingerprint density at radius 2 is 2.15 bits per heavy atom. The van der Waals surface area contributed by atoms with Gasteiger partial charge in [0, 0.05) is 0 Å². The van der Waals surface area contributed by atoms with Gasteiger partial charge in [-0.05, 0) is 25.1 Å². The molecule has 3 nitrogen and oxygen atoms in total. The Morgan fingerprint density at radius 1 is 1.38 bits per heavy atom. The minimum absolute atomic E-state index is 0.0980. The molecule has 1 aromatic rings. The second-order valence-corrected chi connectivity index (χ2v) is 3.05. The molecule has 1 aliphatic heterocycles. The molecule has 0 aromatic heterocycles. The van der Waals surface area contributed by atoms with Gasteiger partial charge >= 0.3 is 0 Å². The van der Waals surface area contributed by atoms with Crippen LogP contribution in [-0.2, 0) is 4.79 Å². The molecular formula is C9H9FN2O. The first-order chi connectivity index (χ1) is 6.16. The molecule has 1 amide bonds. The van der Waals surface area contributed by atoms with Crippen molar-refractivity contribution in [3.63, 3.8) is 0 Å². The van der Waals surface area contributed by atoms with Crippen LogP contribution < -0.4 is 10.6 Å². The Morgan fingerprint density at radius 3 is 2.92 bits per heavy atom. The first-order valence-electron chi connectivity index (χ1n) is 4.04. The first kappa shape index (κ1) is 8.04. The van der Waals surface area contributed by atoms with Crippen LogP contribution in [-0.4, -0.2) is 11.9 Å². The summed E-state index contributed by atoms with van der Waals surface area (Å²) in [5.41, 5.74) is 1.26. The average molecular weight is 180 g/mol. The zero-order chi connectivity index (χ0) is 9.42. The molecule has 1 aromatic carbocycles. The van der Waals surface area contributed by atoms with Gasteiger partial charge in [0.15, 0.2) is 0 Å². The molecular weight excluding hydrogens is 171 g/mol. The van der Waals surface area contributed by atoms with Crippen LogP contribution in [0.2, 0.25) is 0 Å². The summed E-state index contributed by atoms with van der Waals surface area (Å²) in [6.45, 7) is 1.73. The first-order valence-corrected chi connectivity index (χ1v) is 4.04. The topological polar surface area (TPSA) is 41.1 Å². The van der Waals surface area contributed by atoms with Crippen molar-refractivity contribution in [2.24, 2.45) is 0 Å². The molecule has 1 atom stereocenters. The van der Waals surface area contributed by atoms with Crippen molar-refractivity contribution in [2.45, 2.75) is 13.0 Å². The third-order valence-electron chi connectivity index (χ3n) is 2.00. The van der Waals surface area contributed by atoms with Crippen molar-refractivity contribution in [3.05, 3.63) is 24.0 Å². The summed E-state index contributed by atoms with van der Waals surface area (Å²) in [6, 6.07) is 3.91. The van der Waals surface area contributed by atoms with Crippen LogP contribution in [0.1, 0.15) is 6.92 Å². The van der Waals surface area contributed by atoms with Gasteiger partial charge in [-0.1, -0.05) is 0 Å². The molecule has 13 heavy (non-hydrogen) atoms. The summed E-state index contributed by atoms with van der Waals surface area (Å²) in [6.07, 6.45) is 0. The minimum atomic E-state index is -0.311. The van der Waals surface area contributed by atoms with Crippen molar-refractivity contribution < 1.29 is 9.18 Å². The smallest absolute Gasteiger partial charge is 0.246 e. The summed E-state index contributed by atoms with van der Waals surface area (Å²) >= 11 is 0. The second-order valence-electron chi connectivity index (χ2n) is 3.05. The Hall–Kier alpha value is -1.58. The van der Waals surface area contributed by atoms with Crippen LogP contribution in [0, 0.1) is 5.82 Å². The number of hydrogen-bond acceptors (Lipinski definition) is 2. The fourth-order valence-electron chi connectivity index (χ4n) is 1.28. The van der Waals surface area contributed by atoms with E-state index in [0.29, 0.717) is 11.4 Å². The Labute approximate surface area is 74.9 Å². The van der Waals surface area contributed by atoms with Gasteiger partial charge in [-0.15, -0.1) is 0 Å². The van der Waals surface area contributed by atoms with Crippen LogP contribution >= 0.6 is 0 Å². The molecule has 4 heteroatoms. The van der Waals surface area contributed by atoms with E-state index in [2.05, 4.69) is 10.6 Å². The quantitative estimate of drug-likeness (QED) is 0.636. The van der Waals surface area contributed by atoms with Crippen LogP contribution in [0.15, 0.2) is 18.2 Å². The third kappa shape index (κ3) is 1.35. The lowest BCUT2D eigenvalue weighted by molar-refractivity contribution is -0.116. The summed E-state index contributed by atoms with van der Waals surface area (Å²) in [5.74, 6) is -0.409. The molecule has 1 unspecified atom stereocenters. The molecule has 0 radical (unpaired) electrons. The molecule has 0 bridgehead atoms. The van der Waals surface area contributed by atoms with Gasteiger partial charge in [0.25, 0.3) is 0 Å². The van der Waals surface area contributed by atoms with Gasteiger partial charge in [-0.25, -0.2) is 4.39 Å². The highest BCUT2D eigenvalue weighted by Gasteiger charge is 2.20. The number of carbonyl (C=O) groups is 1. The van der Waals surface area contributed by atoms with Crippen LogP contribution in [0.3, 0.4) is 0 Å². The van der Waals surface area contributed by atoms with Crippen LogP contribution in [0.5, 0.6) is 0 Å². The van der Waals surface area contributed by atoms with E-state index in [9.17, 15) is 9.18 Å². The normalized spacial score (nSPS) is 20.2. The number of nitrogens with one attached hydrogen (secondary N) is 2. The molecule has 1 heterocycles. The third-order valence-corrected chi connectivity index (χ3v) is 2.00. The maximum Gasteiger partial charge on any atom is 0.246 e. The van der Waals surface area contributed by atoms with E-state index in [0.717, 1.165) is 0 Å². The van der Waals surface area contributed by atoms with E-state index in [1.165, 1.54) is 12.1 Å². The highest BCUT2D eigenvalue weighted by molar-refractivity contribution is 6.02. The SMILES string of the molecule is CC1Nc2cc(F)ccc2NC1=O. The number of benzene rings is 1. The largest absolute Gasteiger partial charge is 0.372 e. The van der Waals surface area contributed by atoms with Crippen molar-refractivity contribution in [3.8, 4) is 0 Å². The minimum Gasteiger partial charge on any atom is -0.372 e. The molecule has 0 aliphatic carbocycles. The molecule has 2 rings (SSSR count). The molecule has 0 spiro atoms. The number of amides is 1. The van der Waals surface area contributed by atoms with E-state index in [-0.39, 0.29) is 17.8 Å². The van der Waals surface area contributed by atoms with E-state index in [1.807, 2.05) is 0 Å².